The Bertz CT molecular complexity index is 833. The van der Waals surface area contributed by atoms with Crippen LogP contribution in [0.1, 0.15) is 24.3 Å². The summed E-state index contributed by atoms with van der Waals surface area (Å²) in [6.45, 7) is 7.45. The average molecular weight is 295 g/mol. The van der Waals surface area contributed by atoms with E-state index < -0.39 is 0 Å². The van der Waals surface area contributed by atoms with Crippen molar-refractivity contribution >= 4 is 22.4 Å². The number of hydrogen-bond donors (Lipinski definition) is 0. The van der Waals surface area contributed by atoms with Gasteiger partial charge in [-0.2, -0.15) is 5.26 Å². The van der Waals surface area contributed by atoms with Crippen molar-refractivity contribution in [2.45, 2.75) is 27.3 Å². The molecule has 3 rings (SSSR count). The SMILES string of the molecule is Cc1ccc(-c2nc3cc(C#N)ccc3n2CC(C)C)s1. The molecule has 21 heavy (non-hydrogen) atoms. The summed E-state index contributed by atoms with van der Waals surface area (Å²) in [5.41, 5.74) is 2.66. The van der Waals surface area contributed by atoms with Gasteiger partial charge in [-0.3, -0.25) is 0 Å². The molecule has 0 aliphatic heterocycles. The molecule has 3 nitrogen and oxygen atoms in total. The van der Waals surface area contributed by atoms with Crippen LogP contribution >= 0.6 is 11.3 Å². The first-order valence-electron chi connectivity index (χ1n) is 7.05. The number of nitrogens with zero attached hydrogens (tertiary/aromatic N) is 3. The molecular formula is C17H17N3S. The molecule has 3 aromatic rings. The fourth-order valence-corrected chi connectivity index (χ4v) is 3.36. The van der Waals surface area contributed by atoms with Crippen LogP contribution < -0.4 is 0 Å². The van der Waals surface area contributed by atoms with Crippen molar-refractivity contribution < 1.29 is 0 Å². The highest BCUT2D eigenvalue weighted by molar-refractivity contribution is 7.15. The first-order chi connectivity index (χ1) is 10.1. The van der Waals surface area contributed by atoms with Crippen molar-refractivity contribution in [3.63, 3.8) is 0 Å². The zero-order valence-electron chi connectivity index (χ0n) is 12.4. The molecule has 0 saturated heterocycles. The second-order valence-corrected chi connectivity index (χ2v) is 6.95. The summed E-state index contributed by atoms with van der Waals surface area (Å²) < 4.78 is 2.27. The molecule has 0 N–H and O–H groups in total. The fourth-order valence-electron chi connectivity index (χ4n) is 2.49. The summed E-state index contributed by atoms with van der Waals surface area (Å²) in [6.07, 6.45) is 0. The lowest BCUT2D eigenvalue weighted by Crippen LogP contribution is -2.05. The molecule has 2 aromatic heterocycles. The number of fused-ring (bicyclic) bond motifs is 1. The molecule has 0 bridgehead atoms. The number of nitriles is 1. The van der Waals surface area contributed by atoms with E-state index in [1.807, 2.05) is 18.2 Å². The third-order valence-corrected chi connectivity index (χ3v) is 4.38. The van der Waals surface area contributed by atoms with E-state index >= 15 is 0 Å². The minimum atomic E-state index is 0.540. The molecule has 106 valence electrons. The molecule has 0 saturated carbocycles. The van der Waals surface area contributed by atoms with E-state index in [0.29, 0.717) is 11.5 Å². The van der Waals surface area contributed by atoms with Crippen LogP contribution in [0.5, 0.6) is 0 Å². The standard InChI is InChI=1S/C17H17N3S/c1-11(2)10-20-15-6-5-13(9-18)8-14(15)19-17(20)16-7-4-12(3)21-16/h4-8,11H,10H2,1-3H3. The highest BCUT2D eigenvalue weighted by atomic mass is 32.1. The first-order valence-corrected chi connectivity index (χ1v) is 7.87. The zero-order chi connectivity index (χ0) is 15.0. The van der Waals surface area contributed by atoms with E-state index in [4.69, 9.17) is 10.2 Å². The van der Waals surface area contributed by atoms with E-state index in [1.54, 1.807) is 11.3 Å². The number of thiophene rings is 1. The minimum absolute atomic E-state index is 0.540. The Morgan fingerprint density at radius 3 is 2.71 bits per heavy atom. The lowest BCUT2D eigenvalue weighted by molar-refractivity contribution is 0.537. The predicted octanol–water partition coefficient (Wildman–Crippen LogP) is 4.60. The summed E-state index contributed by atoms with van der Waals surface area (Å²) in [5.74, 6) is 1.55. The van der Waals surface area contributed by atoms with Crippen molar-refractivity contribution in [1.82, 2.24) is 9.55 Å². The average Bonchev–Trinajstić information content (AvgIpc) is 3.02. The molecule has 0 aliphatic carbocycles. The Morgan fingerprint density at radius 2 is 2.10 bits per heavy atom. The van der Waals surface area contributed by atoms with E-state index in [1.165, 1.54) is 9.75 Å². The van der Waals surface area contributed by atoms with Gasteiger partial charge in [-0.25, -0.2) is 4.98 Å². The van der Waals surface area contributed by atoms with E-state index in [-0.39, 0.29) is 0 Å². The van der Waals surface area contributed by atoms with E-state index in [2.05, 4.69) is 43.5 Å². The quantitative estimate of drug-likeness (QED) is 0.708. The zero-order valence-corrected chi connectivity index (χ0v) is 13.2. The van der Waals surface area contributed by atoms with Crippen LogP contribution in [-0.4, -0.2) is 9.55 Å². The maximum atomic E-state index is 9.06. The van der Waals surface area contributed by atoms with Gasteiger partial charge in [0.1, 0.15) is 0 Å². The maximum absolute atomic E-state index is 9.06. The van der Waals surface area contributed by atoms with Gasteiger partial charge in [0.2, 0.25) is 0 Å². The monoisotopic (exact) mass is 295 g/mol. The van der Waals surface area contributed by atoms with Crippen LogP contribution in [0.2, 0.25) is 0 Å². The number of benzene rings is 1. The Kier molecular flexibility index (Phi) is 3.52. The topological polar surface area (TPSA) is 41.6 Å². The minimum Gasteiger partial charge on any atom is -0.323 e. The molecule has 2 heterocycles. The van der Waals surface area contributed by atoms with Crippen molar-refractivity contribution in [1.29, 1.82) is 5.26 Å². The Balaban J connectivity index is 2.24. The third kappa shape index (κ3) is 2.57. The molecule has 0 radical (unpaired) electrons. The molecule has 0 fully saturated rings. The second-order valence-electron chi connectivity index (χ2n) is 5.67. The van der Waals surface area contributed by atoms with Gasteiger partial charge in [-0.05, 0) is 43.2 Å². The highest BCUT2D eigenvalue weighted by Gasteiger charge is 2.15. The lowest BCUT2D eigenvalue weighted by Gasteiger charge is -2.10. The smallest absolute Gasteiger partial charge is 0.151 e. The molecule has 1 aromatic carbocycles. The van der Waals surface area contributed by atoms with Gasteiger partial charge in [0.25, 0.3) is 0 Å². The van der Waals surface area contributed by atoms with Crippen molar-refractivity contribution in [3.8, 4) is 16.8 Å². The summed E-state index contributed by atoms with van der Waals surface area (Å²) >= 11 is 1.76. The van der Waals surface area contributed by atoms with Gasteiger partial charge in [0.05, 0.1) is 27.5 Å². The Morgan fingerprint density at radius 1 is 1.29 bits per heavy atom. The van der Waals surface area contributed by atoms with E-state index in [9.17, 15) is 0 Å². The van der Waals surface area contributed by atoms with Crippen LogP contribution in [0.15, 0.2) is 30.3 Å². The van der Waals surface area contributed by atoms with Crippen molar-refractivity contribution in [3.05, 3.63) is 40.8 Å². The Labute approximate surface area is 128 Å². The van der Waals surface area contributed by atoms with Gasteiger partial charge in [0, 0.05) is 11.4 Å². The van der Waals surface area contributed by atoms with Gasteiger partial charge >= 0.3 is 0 Å². The number of imidazole rings is 1. The molecule has 0 aliphatic rings. The van der Waals surface area contributed by atoms with Gasteiger partial charge in [0.15, 0.2) is 5.82 Å². The molecule has 4 heteroatoms. The molecule has 0 atom stereocenters. The number of rotatable bonds is 3. The summed E-state index contributed by atoms with van der Waals surface area (Å²) in [4.78, 5) is 7.25. The third-order valence-electron chi connectivity index (χ3n) is 3.39. The fraction of sp³-hybridized carbons (Fsp3) is 0.294. The maximum Gasteiger partial charge on any atom is 0.151 e. The van der Waals surface area contributed by atoms with Crippen molar-refractivity contribution in [2.24, 2.45) is 5.92 Å². The molecule has 0 amide bonds. The van der Waals surface area contributed by atoms with E-state index in [0.717, 1.165) is 23.4 Å². The van der Waals surface area contributed by atoms with Crippen LogP contribution in [0.3, 0.4) is 0 Å². The highest BCUT2D eigenvalue weighted by Crippen LogP contribution is 2.31. The molecular weight excluding hydrogens is 278 g/mol. The summed E-state index contributed by atoms with van der Waals surface area (Å²) in [6, 6.07) is 12.2. The van der Waals surface area contributed by atoms with Crippen molar-refractivity contribution in [2.75, 3.05) is 0 Å². The summed E-state index contributed by atoms with van der Waals surface area (Å²) in [7, 11) is 0. The first kappa shape index (κ1) is 13.8. The molecule has 0 unspecified atom stereocenters. The lowest BCUT2D eigenvalue weighted by atomic mass is 10.2. The number of aromatic nitrogens is 2. The normalized spacial score (nSPS) is 11.2. The number of hydrogen-bond acceptors (Lipinski definition) is 3. The Hall–Kier alpha value is -2.12. The van der Waals surface area contributed by atoms with Crippen LogP contribution in [-0.2, 0) is 6.54 Å². The van der Waals surface area contributed by atoms with Gasteiger partial charge in [-0.1, -0.05) is 13.8 Å². The predicted molar refractivity (Wildman–Crippen MR) is 87.3 cm³/mol. The van der Waals surface area contributed by atoms with Crippen LogP contribution in [0.4, 0.5) is 0 Å². The second kappa shape index (κ2) is 5.34. The number of aryl methyl sites for hydroxylation is 1. The van der Waals surface area contributed by atoms with Gasteiger partial charge in [-0.15, -0.1) is 11.3 Å². The summed E-state index contributed by atoms with van der Waals surface area (Å²) in [5, 5.41) is 9.06. The van der Waals surface area contributed by atoms with Crippen LogP contribution in [0, 0.1) is 24.2 Å². The largest absolute Gasteiger partial charge is 0.323 e. The molecule has 0 spiro atoms. The van der Waals surface area contributed by atoms with Gasteiger partial charge < -0.3 is 4.57 Å². The van der Waals surface area contributed by atoms with Crippen LogP contribution in [0.25, 0.3) is 21.7 Å².